The standard InChI is InChI=1S/C13H21N3O3/c1-3-19-13(18)11-8-14-15(2)12(11)9-16-6-4-10(17)5-7-16/h8,10,17H,3-7,9H2,1-2H3. The molecule has 19 heavy (non-hydrogen) atoms. The third-order valence-electron chi connectivity index (χ3n) is 3.49. The van der Waals surface area contributed by atoms with Crippen LogP contribution in [0.3, 0.4) is 0 Å². The van der Waals surface area contributed by atoms with Gasteiger partial charge in [-0.2, -0.15) is 5.10 Å². The van der Waals surface area contributed by atoms with E-state index in [1.54, 1.807) is 17.8 Å². The second-order valence-corrected chi connectivity index (χ2v) is 4.86. The van der Waals surface area contributed by atoms with Crippen molar-refractivity contribution in [3.05, 3.63) is 17.5 Å². The minimum absolute atomic E-state index is 0.188. The molecule has 1 saturated heterocycles. The quantitative estimate of drug-likeness (QED) is 0.807. The number of ether oxygens (including phenoxy) is 1. The van der Waals surface area contributed by atoms with E-state index in [9.17, 15) is 9.90 Å². The van der Waals surface area contributed by atoms with E-state index in [1.165, 1.54) is 0 Å². The number of aryl methyl sites for hydroxylation is 1. The van der Waals surface area contributed by atoms with E-state index >= 15 is 0 Å². The minimum Gasteiger partial charge on any atom is -0.462 e. The van der Waals surface area contributed by atoms with Gasteiger partial charge in [-0.1, -0.05) is 0 Å². The van der Waals surface area contributed by atoms with E-state index < -0.39 is 0 Å². The van der Waals surface area contributed by atoms with Gasteiger partial charge in [0.05, 0.1) is 24.6 Å². The number of nitrogens with zero attached hydrogens (tertiary/aromatic N) is 3. The molecule has 0 unspecified atom stereocenters. The highest BCUT2D eigenvalue weighted by Crippen LogP contribution is 2.16. The van der Waals surface area contributed by atoms with Crippen LogP contribution in [-0.4, -0.2) is 51.6 Å². The monoisotopic (exact) mass is 267 g/mol. The molecule has 0 aliphatic carbocycles. The molecule has 6 heteroatoms. The first kappa shape index (κ1) is 14.0. The molecule has 0 spiro atoms. The van der Waals surface area contributed by atoms with Crippen LogP contribution in [-0.2, 0) is 18.3 Å². The van der Waals surface area contributed by atoms with E-state index in [1.807, 2.05) is 7.05 Å². The molecular weight excluding hydrogens is 246 g/mol. The lowest BCUT2D eigenvalue weighted by atomic mass is 10.1. The first-order valence-corrected chi connectivity index (χ1v) is 6.70. The first-order chi connectivity index (χ1) is 9.11. The number of likely N-dealkylation sites (tertiary alicyclic amines) is 1. The van der Waals surface area contributed by atoms with Crippen LogP contribution >= 0.6 is 0 Å². The van der Waals surface area contributed by atoms with Crippen molar-refractivity contribution in [3.63, 3.8) is 0 Å². The highest BCUT2D eigenvalue weighted by molar-refractivity contribution is 5.90. The summed E-state index contributed by atoms with van der Waals surface area (Å²) >= 11 is 0. The lowest BCUT2D eigenvalue weighted by Gasteiger charge is -2.29. The summed E-state index contributed by atoms with van der Waals surface area (Å²) < 4.78 is 6.76. The highest BCUT2D eigenvalue weighted by Gasteiger charge is 2.22. The summed E-state index contributed by atoms with van der Waals surface area (Å²) in [5.41, 5.74) is 1.41. The maximum absolute atomic E-state index is 11.8. The van der Waals surface area contributed by atoms with Crippen LogP contribution in [0.25, 0.3) is 0 Å². The topological polar surface area (TPSA) is 67.6 Å². The molecule has 0 saturated carbocycles. The van der Waals surface area contributed by atoms with Crippen LogP contribution in [0, 0.1) is 0 Å². The van der Waals surface area contributed by atoms with Crippen molar-refractivity contribution in [1.82, 2.24) is 14.7 Å². The lowest BCUT2D eigenvalue weighted by molar-refractivity contribution is 0.0519. The summed E-state index contributed by atoms with van der Waals surface area (Å²) in [7, 11) is 1.83. The number of carbonyl (C=O) groups is 1. The van der Waals surface area contributed by atoms with E-state index in [-0.39, 0.29) is 12.1 Å². The molecule has 0 radical (unpaired) electrons. The van der Waals surface area contributed by atoms with Crippen molar-refractivity contribution < 1.29 is 14.6 Å². The molecule has 1 aliphatic heterocycles. The third kappa shape index (κ3) is 3.33. The van der Waals surface area contributed by atoms with Crippen LogP contribution in [0.5, 0.6) is 0 Å². The summed E-state index contributed by atoms with van der Waals surface area (Å²) in [4.78, 5) is 14.1. The van der Waals surface area contributed by atoms with Crippen molar-refractivity contribution in [1.29, 1.82) is 0 Å². The Kier molecular flexibility index (Phi) is 4.55. The number of carbonyl (C=O) groups excluding carboxylic acids is 1. The normalized spacial score (nSPS) is 17.6. The maximum Gasteiger partial charge on any atom is 0.341 e. The van der Waals surface area contributed by atoms with Gasteiger partial charge < -0.3 is 9.84 Å². The van der Waals surface area contributed by atoms with Gasteiger partial charge in [0.2, 0.25) is 0 Å². The molecule has 0 aromatic carbocycles. The third-order valence-corrected chi connectivity index (χ3v) is 3.49. The zero-order chi connectivity index (χ0) is 13.8. The van der Waals surface area contributed by atoms with Crippen LogP contribution < -0.4 is 0 Å². The Hall–Kier alpha value is -1.40. The minimum atomic E-state index is -0.317. The van der Waals surface area contributed by atoms with E-state index in [0.717, 1.165) is 31.6 Å². The van der Waals surface area contributed by atoms with Gasteiger partial charge in [0.15, 0.2) is 0 Å². The summed E-state index contributed by atoms with van der Waals surface area (Å²) in [5, 5.41) is 13.6. The van der Waals surface area contributed by atoms with Gasteiger partial charge in [0.25, 0.3) is 0 Å². The van der Waals surface area contributed by atoms with Crippen LogP contribution in [0.2, 0.25) is 0 Å². The average molecular weight is 267 g/mol. The van der Waals surface area contributed by atoms with Crippen LogP contribution in [0.15, 0.2) is 6.20 Å². The van der Waals surface area contributed by atoms with Crippen molar-refractivity contribution in [2.24, 2.45) is 7.05 Å². The number of aromatic nitrogens is 2. The van der Waals surface area contributed by atoms with Crippen molar-refractivity contribution in [3.8, 4) is 0 Å². The maximum atomic E-state index is 11.8. The zero-order valence-electron chi connectivity index (χ0n) is 11.5. The smallest absolute Gasteiger partial charge is 0.341 e. The van der Waals surface area contributed by atoms with Gasteiger partial charge in [-0.3, -0.25) is 9.58 Å². The lowest BCUT2D eigenvalue weighted by Crippen LogP contribution is -2.36. The predicted octanol–water partition coefficient (Wildman–Crippen LogP) is 0.553. The highest BCUT2D eigenvalue weighted by atomic mass is 16.5. The number of aliphatic hydroxyl groups excluding tert-OH is 1. The SMILES string of the molecule is CCOC(=O)c1cnn(C)c1CN1CCC(O)CC1. The largest absolute Gasteiger partial charge is 0.462 e. The average Bonchev–Trinajstić information content (AvgIpc) is 2.74. The van der Waals surface area contributed by atoms with Gasteiger partial charge in [-0.05, 0) is 19.8 Å². The molecule has 1 aromatic heterocycles. The van der Waals surface area contributed by atoms with Gasteiger partial charge in [-0.25, -0.2) is 4.79 Å². The predicted molar refractivity (Wildman–Crippen MR) is 69.7 cm³/mol. The number of esters is 1. The van der Waals surface area contributed by atoms with Crippen molar-refractivity contribution >= 4 is 5.97 Å². The Morgan fingerprint density at radius 2 is 2.21 bits per heavy atom. The molecule has 0 amide bonds. The summed E-state index contributed by atoms with van der Waals surface area (Å²) in [6, 6.07) is 0. The molecular formula is C13H21N3O3. The summed E-state index contributed by atoms with van der Waals surface area (Å²) in [6.07, 6.45) is 2.94. The van der Waals surface area contributed by atoms with Crippen LogP contribution in [0.4, 0.5) is 0 Å². The molecule has 1 aliphatic rings. The molecule has 106 valence electrons. The molecule has 1 N–H and O–H groups in total. The molecule has 2 heterocycles. The summed E-state index contributed by atoms with van der Waals surface area (Å²) in [5.74, 6) is -0.317. The number of aliphatic hydroxyl groups is 1. The number of hydrogen-bond acceptors (Lipinski definition) is 5. The molecule has 1 aromatic rings. The Labute approximate surface area is 113 Å². The fourth-order valence-electron chi connectivity index (χ4n) is 2.32. The molecule has 0 atom stereocenters. The van der Waals surface area contributed by atoms with Crippen molar-refractivity contribution in [2.45, 2.75) is 32.4 Å². The van der Waals surface area contributed by atoms with E-state index in [2.05, 4.69) is 10.00 Å². The Morgan fingerprint density at radius 3 is 2.84 bits per heavy atom. The van der Waals surface area contributed by atoms with E-state index in [4.69, 9.17) is 4.74 Å². The number of rotatable bonds is 4. The second kappa shape index (κ2) is 6.16. The van der Waals surface area contributed by atoms with Gasteiger partial charge in [0, 0.05) is 26.7 Å². The van der Waals surface area contributed by atoms with Gasteiger partial charge in [-0.15, -0.1) is 0 Å². The molecule has 2 rings (SSSR count). The van der Waals surface area contributed by atoms with Gasteiger partial charge >= 0.3 is 5.97 Å². The Bertz CT molecular complexity index is 436. The Morgan fingerprint density at radius 1 is 1.53 bits per heavy atom. The van der Waals surface area contributed by atoms with Crippen molar-refractivity contribution in [2.75, 3.05) is 19.7 Å². The molecule has 1 fully saturated rings. The molecule has 0 bridgehead atoms. The van der Waals surface area contributed by atoms with E-state index in [0.29, 0.717) is 18.7 Å². The second-order valence-electron chi connectivity index (χ2n) is 4.86. The first-order valence-electron chi connectivity index (χ1n) is 6.70. The number of hydrogen-bond donors (Lipinski definition) is 1. The van der Waals surface area contributed by atoms with Gasteiger partial charge in [0.1, 0.15) is 5.56 Å². The zero-order valence-corrected chi connectivity index (χ0v) is 11.5. The van der Waals surface area contributed by atoms with Crippen LogP contribution in [0.1, 0.15) is 35.8 Å². The number of piperidine rings is 1. The fourth-order valence-corrected chi connectivity index (χ4v) is 2.32. The fraction of sp³-hybridized carbons (Fsp3) is 0.692. The Balaban J connectivity index is 2.07. The summed E-state index contributed by atoms with van der Waals surface area (Å²) in [6.45, 7) is 4.50. The molecule has 6 nitrogen and oxygen atoms in total.